The number of fused-ring (bicyclic) bond motifs is 1. The minimum absolute atomic E-state index is 0.117. The average molecular weight is 299 g/mol. The first kappa shape index (κ1) is 14.3. The van der Waals surface area contributed by atoms with E-state index < -0.39 is 5.63 Å². The summed E-state index contributed by atoms with van der Waals surface area (Å²) in [6.45, 7) is 2.01. The first-order valence-corrected chi connectivity index (χ1v) is 6.87. The average Bonchev–Trinajstić information content (AvgIpc) is 2.48. The van der Waals surface area contributed by atoms with Gasteiger partial charge in [0.05, 0.1) is 0 Å². The molecule has 5 heteroatoms. The summed E-state index contributed by atoms with van der Waals surface area (Å²) in [4.78, 5) is 11.6. The smallest absolute Gasteiger partial charge is 0.336 e. The van der Waals surface area contributed by atoms with Gasteiger partial charge in [-0.3, -0.25) is 0 Å². The van der Waals surface area contributed by atoms with Crippen LogP contribution in [0.5, 0.6) is 5.75 Å². The van der Waals surface area contributed by atoms with Crippen molar-refractivity contribution in [3.8, 4) is 5.75 Å². The topological polar surface area (TPSA) is 69.9 Å². The monoisotopic (exact) mass is 299 g/mol. The van der Waals surface area contributed by atoms with Crippen LogP contribution in [0.25, 0.3) is 11.0 Å². The molecule has 0 saturated carbocycles. The highest BCUT2D eigenvalue weighted by Gasteiger charge is 2.10. The molecule has 0 amide bonds. The minimum Gasteiger partial charge on any atom is -0.872 e. The van der Waals surface area contributed by atoms with Crippen molar-refractivity contribution in [1.82, 2.24) is 0 Å². The van der Waals surface area contributed by atoms with Gasteiger partial charge in [-0.25, -0.2) is 9.18 Å². The molecule has 0 saturated heterocycles. The van der Waals surface area contributed by atoms with E-state index in [1.165, 1.54) is 18.2 Å². The molecule has 3 rings (SSSR count). The van der Waals surface area contributed by atoms with Gasteiger partial charge in [-0.05, 0) is 19.1 Å². The molecule has 0 aliphatic rings. The number of nitrogens with two attached hydrogens (primary N) is 1. The van der Waals surface area contributed by atoms with Gasteiger partial charge in [-0.1, -0.05) is 23.8 Å². The van der Waals surface area contributed by atoms with Gasteiger partial charge >= 0.3 is 5.63 Å². The largest absolute Gasteiger partial charge is 0.872 e. The molecule has 22 heavy (non-hydrogen) atoms. The fourth-order valence-corrected chi connectivity index (χ4v) is 2.38. The summed E-state index contributed by atoms with van der Waals surface area (Å²) < 4.78 is 18.8. The van der Waals surface area contributed by atoms with Gasteiger partial charge in [0.15, 0.2) is 11.5 Å². The Morgan fingerprint density at radius 2 is 2.00 bits per heavy atom. The van der Waals surface area contributed by atoms with Crippen molar-refractivity contribution < 1.29 is 19.2 Å². The number of quaternary nitrogens is 1. The number of hydrogen-bond acceptors (Lipinski definition) is 3. The maximum Gasteiger partial charge on any atom is 0.336 e. The Bertz CT molecular complexity index is 902. The van der Waals surface area contributed by atoms with Crippen molar-refractivity contribution in [2.45, 2.75) is 13.5 Å². The number of aryl methyl sites for hydroxylation is 1. The fourth-order valence-electron chi connectivity index (χ4n) is 2.38. The van der Waals surface area contributed by atoms with Crippen LogP contribution in [0.15, 0.2) is 51.7 Å². The third-order valence-electron chi connectivity index (χ3n) is 3.57. The molecule has 0 spiro atoms. The first-order valence-electron chi connectivity index (χ1n) is 6.87. The lowest BCUT2D eigenvalue weighted by Crippen LogP contribution is -2.76. The molecule has 0 aliphatic carbocycles. The zero-order valence-electron chi connectivity index (χ0n) is 11.9. The highest BCUT2D eigenvalue weighted by Crippen LogP contribution is 2.24. The van der Waals surface area contributed by atoms with E-state index in [9.17, 15) is 14.3 Å². The zero-order chi connectivity index (χ0) is 15.7. The number of benzene rings is 2. The normalized spacial score (nSPS) is 11.0. The lowest BCUT2D eigenvalue weighted by Gasteiger charge is -2.12. The quantitative estimate of drug-likeness (QED) is 0.591. The molecule has 3 aromatic rings. The van der Waals surface area contributed by atoms with E-state index in [4.69, 9.17) is 4.42 Å². The Morgan fingerprint density at radius 1 is 1.23 bits per heavy atom. The summed E-state index contributed by atoms with van der Waals surface area (Å²) in [6, 6.07) is 10.8. The molecule has 0 aliphatic heterocycles. The highest BCUT2D eigenvalue weighted by molar-refractivity contribution is 5.82. The Balaban J connectivity index is 2.01. The lowest BCUT2D eigenvalue weighted by molar-refractivity contribution is -0.590. The van der Waals surface area contributed by atoms with Crippen molar-refractivity contribution in [3.05, 3.63) is 69.8 Å². The van der Waals surface area contributed by atoms with Crippen LogP contribution < -0.4 is 16.0 Å². The van der Waals surface area contributed by atoms with Crippen molar-refractivity contribution >= 4 is 16.7 Å². The Morgan fingerprint density at radius 3 is 2.77 bits per heavy atom. The highest BCUT2D eigenvalue weighted by atomic mass is 19.1. The molecule has 0 atom stereocenters. The molecule has 2 aromatic carbocycles. The molecule has 0 radical (unpaired) electrons. The number of para-hydroxylation sites is 1. The third-order valence-corrected chi connectivity index (χ3v) is 3.57. The molecule has 0 bridgehead atoms. The maximum absolute atomic E-state index is 13.6. The third kappa shape index (κ3) is 2.71. The molecule has 0 unspecified atom stereocenters. The van der Waals surface area contributed by atoms with Crippen LogP contribution in [0, 0.1) is 12.7 Å². The van der Waals surface area contributed by atoms with Gasteiger partial charge in [-0.2, -0.15) is 0 Å². The van der Waals surface area contributed by atoms with E-state index in [-0.39, 0.29) is 11.6 Å². The summed E-state index contributed by atoms with van der Waals surface area (Å²) in [7, 11) is 0. The fraction of sp³-hybridized carbons (Fsp3) is 0.118. The first-order chi connectivity index (χ1) is 10.5. The van der Waals surface area contributed by atoms with Crippen molar-refractivity contribution in [2.24, 2.45) is 0 Å². The molecular weight excluding hydrogens is 285 g/mol. The molecule has 2 N–H and O–H groups in total. The molecule has 1 heterocycles. The summed E-state index contributed by atoms with van der Waals surface area (Å²) >= 11 is 0. The predicted molar refractivity (Wildman–Crippen MR) is 78.4 cm³/mol. The van der Waals surface area contributed by atoms with Crippen LogP contribution in [0.4, 0.5) is 10.1 Å². The molecule has 112 valence electrons. The van der Waals surface area contributed by atoms with Gasteiger partial charge in [0, 0.05) is 23.1 Å². The van der Waals surface area contributed by atoms with Gasteiger partial charge < -0.3 is 14.8 Å². The predicted octanol–water partition coefficient (Wildman–Crippen LogP) is 1.71. The van der Waals surface area contributed by atoms with E-state index >= 15 is 0 Å². The van der Waals surface area contributed by atoms with Crippen LogP contribution in [0.1, 0.15) is 11.1 Å². The van der Waals surface area contributed by atoms with Crippen LogP contribution in [-0.2, 0) is 6.54 Å². The van der Waals surface area contributed by atoms with E-state index in [0.717, 1.165) is 0 Å². The second-order valence-corrected chi connectivity index (χ2v) is 5.13. The van der Waals surface area contributed by atoms with Crippen LogP contribution in [0.2, 0.25) is 0 Å². The summed E-state index contributed by atoms with van der Waals surface area (Å²) in [5.41, 5.74) is 1.51. The van der Waals surface area contributed by atoms with Crippen LogP contribution in [0.3, 0.4) is 0 Å². The Hall–Kier alpha value is -2.66. The van der Waals surface area contributed by atoms with Gasteiger partial charge in [0.2, 0.25) is 0 Å². The van der Waals surface area contributed by atoms with Crippen molar-refractivity contribution in [1.29, 1.82) is 0 Å². The number of rotatable bonds is 3. The van der Waals surface area contributed by atoms with Gasteiger partial charge in [0.1, 0.15) is 12.1 Å². The number of hydrogen-bond donors (Lipinski definition) is 1. The van der Waals surface area contributed by atoms with Crippen molar-refractivity contribution in [2.75, 3.05) is 0 Å². The van der Waals surface area contributed by atoms with E-state index in [0.29, 0.717) is 34.3 Å². The summed E-state index contributed by atoms with van der Waals surface area (Å²) in [5.74, 6) is -0.441. The van der Waals surface area contributed by atoms with Gasteiger partial charge in [-0.15, -0.1) is 5.75 Å². The van der Waals surface area contributed by atoms with E-state index in [1.807, 2.05) is 0 Å². The van der Waals surface area contributed by atoms with Crippen LogP contribution >= 0.6 is 0 Å². The molecular formula is C17H14FNO3. The SMILES string of the molecule is Cc1cc2oc(=O)cc(C[NH2+]c3ccccc3F)c2cc1[O-]. The zero-order valence-corrected chi connectivity index (χ0v) is 11.9. The molecule has 1 aromatic heterocycles. The standard InChI is InChI=1S/C17H14FNO3/c1-10-6-16-12(8-15(10)20)11(7-17(21)22-16)9-19-14-5-3-2-4-13(14)18/h2-8,19-20H,9H2,1H3. The van der Waals surface area contributed by atoms with E-state index in [1.54, 1.807) is 36.5 Å². The summed E-state index contributed by atoms with van der Waals surface area (Å²) in [6.07, 6.45) is 0. The molecule has 0 fully saturated rings. The molecule has 4 nitrogen and oxygen atoms in total. The van der Waals surface area contributed by atoms with Crippen LogP contribution in [-0.4, -0.2) is 0 Å². The Kier molecular flexibility index (Phi) is 3.65. The second kappa shape index (κ2) is 5.61. The number of halogens is 1. The Labute approximate surface area is 125 Å². The summed E-state index contributed by atoms with van der Waals surface area (Å²) in [5, 5.41) is 14.1. The van der Waals surface area contributed by atoms with Crippen molar-refractivity contribution in [3.63, 3.8) is 0 Å². The second-order valence-electron chi connectivity index (χ2n) is 5.13. The maximum atomic E-state index is 13.6. The van der Waals surface area contributed by atoms with Gasteiger partial charge in [0.25, 0.3) is 0 Å². The lowest BCUT2D eigenvalue weighted by atomic mass is 10.1. The van der Waals surface area contributed by atoms with E-state index in [2.05, 4.69) is 0 Å². The minimum atomic E-state index is -0.484.